The van der Waals surface area contributed by atoms with Gasteiger partial charge in [-0.25, -0.2) is 0 Å². The van der Waals surface area contributed by atoms with E-state index in [0.717, 1.165) is 4.88 Å². The topological polar surface area (TPSA) is 44.0 Å². The lowest BCUT2D eigenvalue weighted by molar-refractivity contribution is 0.136. The summed E-state index contributed by atoms with van der Waals surface area (Å²) >= 11 is 1.49. The van der Waals surface area contributed by atoms with Crippen LogP contribution < -0.4 is 0 Å². The van der Waals surface area contributed by atoms with E-state index in [1.165, 1.54) is 11.3 Å². The van der Waals surface area contributed by atoms with E-state index in [9.17, 15) is 5.11 Å². The van der Waals surface area contributed by atoms with E-state index in [2.05, 4.69) is 6.07 Å². The molecular formula is C9H11NOS. The van der Waals surface area contributed by atoms with Crippen molar-refractivity contribution in [1.82, 2.24) is 0 Å². The van der Waals surface area contributed by atoms with Crippen LogP contribution in [0.15, 0.2) is 17.5 Å². The lowest BCUT2D eigenvalue weighted by Crippen LogP contribution is -2.07. The molecule has 1 aromatic rings. The molecule has 1 rings (SSSR count). The molecule has 0 aromatic carbocycles. The van der Waals surface area contributed by atoms with E-state index in [1.54, 1.807) is 0 Å². The van der Waals surface area contributed by atoms with Crippen LogP contribution in [0.2, 0.25) is 0 Å². The molecule has 0 amide bonds. The van der Waals surface area contributed by atoms with Crippen molar-refractivity contribution in [3.8, 4) is 6.07 Å². The SMILES string of the molecule is CCC(C#N)C(O)c1cccs1. The van der Waals surface area contributed by atoms with Crippen LogP contribution in [0.5, 0.6) is 0 Å². The van der Waals surface area contributed by atoms with Crippen molar-refractivity contribution in [3.05, 3.63) is 22.4 Å². The van der Waals surface area contributed by atoms with E-state index in [-0.39, 0.29) is 5.92 Å². The quantitative estimate of drug-likeness (QED) is 0.777. The first kappa shape index (κ1) is 9.24. The van der Waals surface area contributed by atoms with Gasteiger partial charge < -0.3 is 5.11 Å². The Morgan fingerprint density at radius 2 is 2.50 bits per heavy atom. The molecule has 0 fully saturated rings. The normalized spacial score (nSPS) is 15.1. The molecule has 2 unspecified atom stereocenters. The van der Waals surface area contributed by atoms with E-state index in [0.29, 0.717) is 6.42 Å². The molecule has 0 bridgehead atoms. The molecule has 2 nitrogen and oxygen atoms in total. The molecule has 0 aliphatic carbocycles. The highest BCUT2D eigenvalue weighted by molar-refractivity contribution is 7.10. The van der Waals surface area contributed by atoms with Crippen molar-refractivity contribution in [1.29, 1.82) is 5.26 Å². The van der Waals surface area contributed by atoms with E-state index in [1.807, 2.05) is 24.4 Å². The Bertz CT molecular complexity index is 263. The fourth-order valence-corrected chi connectivity index (χ4v) is 1.82. The number of nitrogens with zero attached hydrogens (tertiary/aromatic N) is 1. The van der Waals surface area contributed by atoms with Crippen LogP contribution in [0, 0.1) is 17.2 Å². The van der Waals surface area contributed by atoms with Gasteiger partial charge in [0.2, 0.25) is 0 Å². The van der Waals surface area contributed by atoms with Gasteiger partial charge in [-0.2, -0.15) is 5.26 Å². The Labute approximate surface area is 76.1 Å². The van der Waals surface area contributed by atoms with Gasteiger partial charge in [0.15, 0.2) is 0 Å². The molecular weight excluding hydrogens is 170 g/mol. The average molecular weight is 181 g/mol. The summed E-state index contributed by atoms with van der Waals surface area (Å²) < 4.78 is 0. The van der Waals surface area contributed by atoms with Gasteiger partial charge >= 0.3 is 0 Å². The van der Waals surface area contributed by atoms with Crippen molar-refractivity contribution in [3.63, 3.8) is 0 Å². The summed E-state index contributed by atoms with van der Waals surface area (Å²) in [4.78, 5) is 0.878. The first-order valence-electron chi connectivity index (χ1n) is 3.90. The van der Waals surface area contributed by atoms with Crippen molar-refractivity contribution < 1.29 is 5.11 Å². The Hall–Kier alpha value is -0.850. The zero-order valence-corrected chi connectivity index (χ0v) is 7.71. The Morgan fingerprint density at radius 1 is 1.75 bits per heavy atom. The van der Waals surface area contributed by atoms with Gasteiger partial charge in [0.1, 0.15) is 6.10 Å². The Kier molecular flexibility index (Phi) is 3.27. The fraction of sp³-hybridized carbons (Fsp3) is 0.444. The minimum absolute atomic E-state index is 0.274. The molecule has 0 spiro atoms. The highest BCUT2D eigenvalue weighted by Gasteiger charge is 2.18. The molecule has 0 saturated carbocycles. The molecule has 1 aromatic heterocycles. The van der Waals surface area contributed by atoms with Crippen LogP contribution in [-0.2, 0) is 0 Å². The maximum atomic E-state index is 9.66. The fourth-order valence-electron chi connectivity index (χ4n) is 1.04. The van der Waals surface area contributed by atoms with Crippen LogP contribution in [-0.4, -0.2) is 5.11 Å². The maximum Gasteiger partial charge on any atom is 0.104 e. The molecule has 12 heavy (non-hydrogen) atoms. The predicted octanol–water partition coefficient (Wildman–Crippen LogP) is 2.33. The van der Waals surface area contributed by atoms with Crippen LogP contribution in [0.1, 0.15) is 24.3 Å². The summed E-state index contributed by atoms with van der Waals surface area (Å²) in [6, 6.07) is 5.84. The van der Waals surface area contributed by atoms with Gasteiger partial charge in [0, 0.05) is 4.88 Å². The third kappa shape index (κ3) is 1.84. The summed E-state index contributed by atoms with van der Waals surface area (Å²) in [5.74, 6) is -0.274. The lowest BCUT2D eigenvalue weighted by atomic mass is 10.0. The van der Waals surface area contributed by atoms with E-state index in [4.69, 9.17) is 5.26 Å². The van der Waals surface area contributed by atoms with E-state index < -0.39 is 6.10 Å². The van der Waals surface area contributed by atoms with Gasteiger partial charge in [0.05, 0.1) is 12.0 Å². The molecule has 64 valence electrons. The minimum Gasteiger partial charge on any atom is -0.386 e. The molecule has 0 aliphatic rings. The monoisotopic (exact) mass is 181 g/mol. The largest absolute Gasteiger partial charge is 0.386 e. The first-order chi connectivity index (χ1) is 5.79. The summed E-state index contributed by atoms with van der Waals surface area (Å²) in [5, 5.41) is 20.3. The number of aliphatic hydroxyl groups is 1. The van der Waals surface area contributed by atoms with Gasteiger partial charge in [-0.15, -0.1) is 11.3 Å². The number of hydrogen-bond acceptors (Lipinski definition) is 3. The average Bonchev–Trinajstić information content (AvgIpc) is 2.58. The van der Waals surface area contributed by atoms with Gasteiger partial charge in [-0.1, -0.05) is 13.0 Å². The first-order valence-corrected chi connectivity index (χ1v) is 4.78. The highest BCUT2D eigenvalue weighted by atomic mass is 32.1. The van der Waals surface area contributed by atoms with Crippen LogP contribution in [0.25, 0.3) is 0 Å². The zero-order chi connectivity index (χ0) is 8.97. The van der Waals surface area contributed by atoms with Crippen molar-refractivity contribution in [2.45, 2.75) is 19.4 Å². The van der Waals surface area contributed by atoms with Crippen LogP contribution in [0.4, 0.5) is 0 Å². The molecule has 1 heterocycles. The number of hydrogen-bond donors (Lipinski definition) is 1. The van der Waals surface area contributed by atoms with Gasteiger partial charge in [0.25, 0.3) is 0 Å². The summed E-state index contributed by atoms with van der Waals surface area (Å²) in [6.07, 6.45) is 0.0789. The summed E-state index contributed by atoms with van der Waals surface area (Å²) in [5.41, 5.74) is 0. The van der Waals surface area contributed by atoms with Crippen molar-refractivity contribution in [2.24, 2.45) is 5.92 Å². The number of rotatable bonds is 3. The maximum absolute atomic E-state index is 9.66. The molecule has 0 saturated heterocycles. The lowest BCUT2D eigenvalue weighted by Gasteiger charge is -2.12. The second-order valence-electron chi connectivity index (χ2n) is 2.60. The summed E-state index contributed by atoms with van der Waals surface area (Å²) in [6.45, 7) is 1.91. The van der Waals surface area contributed by atoms with E-state index >= 15 is 0 Å². The number of aliphatic hydroxyl groups excluding tert-OH is 1. The molecule has 3 heteroatoms. The van der Waals surface area contributed by atoms with Crippen molar-refractivity contribution in [2.75, 3.05) is 0 Å². The van der Waals surface area contributed by atoms with Gasteiger partial charge in [-0.05, 0) is 17.9 Å². The number of nitriles is 1. The van der Waals surface area contributed by atoms with Crippen molar-refractivity contribution >= 4 is 11.3 Å². The molecule has 1 N–H and O–H groups in total. The third-order valence-corrected chi connectivity index (χ3v) is 2.76. The number of thiophene rings is 1. The minimum atomic E-state index is -0.611. The van der Waals surface area contributed by atoms with Crippen LogP contribution in [0.3, 0.4) is 0 Å². The molecule has 2 atom stereocenters. The highest BCUT2D eigenvalue weighted by Crippen LogP contribution is 2.27. The third-order valence-electron chi connectivity index (χ3n) is 1.82. The molecule has 0 radical (unpaired) electrons. The Balaban J connectivity index is 2.71. The summed E-state index contributed by atoms with van der Waals surface area (Å²) in [7, 11) is 0. The predicted molar refractivity (Wildman–Crippen MR) is 48.7 cm³/mol. The van der Waals surface area contributed by atoms with Crippen LogP contribution >= 0.6 is 11.3 Å². The second-order valence-corrected chi connectivity index (χ2v) is 3.58. The zero-order valence-electron chi connectivity index (χ0n) is 6.90. The Morgan fingerprint density at radius 3 is 2.92 bits per heavy atom. The second kappa shape index (κ2) is 4.24. The van der Waals surface area contributed by atoms with Gasteiger partial charge in [-0.3, -0.25) is 0 Å². The molecule has 0 aliphatic heterocycles. The standard InChI is InChI=1S/C9H11NOS/c1-2-7(6-10)9(11)8-4-3-5-12-8/h3-5,7,9,11H,2H2,1H3. The smallest absolute Gasteiger partial charge is 0.104 e.